The van der Waals surface area contributed by atoms with Crippen LogP contribution in [0.15, 0.2) is 24.4 Å². The van der Waals surface area contributed by atoms with Crippen molar-refractivity contribution in [1.29, 1.82) is 0 Å². The molecule has 1 fully saturated rings. The van der Waals surface area contributed by atoms with Crippen molar-refractivity contribution in [3.63, 3.8) is 0 Å². The van der Waals surface area contributed by atoms with Crippen molar-refractivity contribution in [2.45, 2.75) is 39.8 Å². The topological polar surface area (TPSA) is 81.8 Å². The molecule has 3 aromatic rings. The Morgan fingerprint density at radius 2 is 1.88 bits per heavy atom. The molecule has 3 N–H and O–H groups in total. The van der Waals surface area contributed by atoms with Crippen LogP contribution in [0.4, 0.5) is 17.5 Å². The van der Waals surface area contributed by atoms with Gasteiger partial charge in [0.2, 0.25) is 5.95 Å². The fourth-order valence-electron chi connectivity index (χ4n) is 3.52. The van der Waals surface area contributed by atoms with Gasteiger partial charge in [-0.15, -0.1) is 0 Å². The molecule has 0 saturated carbocycles. The van der Waals surface area contributed by atoms with Gasteiger partial charge < -0.3 is 15.5 Å². The van der Waals surface area contributed by atoms with E-state index < -0.39 is 0 Å². The van der Waals surface area contributed by atoms with Gasteiger partial charge in [0.1, 0.15) is 5.82 Å². The van der Waals surface area contributed by atoms with Gasteiger partial charge in [0.15, 0.2) is 0 Å². The molecule has 3 heterocycles. The third-order valence-corrected chi connectivity index (χ3v) is 4.92. The number of hydrogen-bond acceptors (Lipinski definition) is 6. The number of rotatable bonds is 3. The standard InChI is InChI=1S/C19H25N7/c1-11-9-26(10-12(2)21-11)19-22-14(4)13(3)18(24-19)23-16-5-6-17-15(7-16)8-20-25-17/h5-8,11-12,21H,9-10H2,1-4H3,(H,20,25)(H,22,23,24). The number of aromatic amines is 1. The normalized spacial score (nSPS) is 20.5. The van der Waals surface area contributed by atoms with Gasteiger partial charge in [0.25, 0.3) is 0 Å². The number of hydrogen-bond donors (Lipinski definition) is 3. The van der Waals surface area contributed by atoms with Crippen LogP contribution in [0.3, 0.4) is 0 Å². The second kappa shape index (κ2) is 6.57. The van der Waals surface area contributed by atoms with Crippen LogP contribution in [0.5, 0.6) is 0 Å². The first kappa shape index (κ1) is 16.8. The summed E-state index contributed by atoms with van der Waals surface area (Å²) in [4.78, 5) is 11.8. The zero-order valence-electron chi connectivity index (χ0n) is 15.7. The largest absolute Gasteiger partial charge is 0.340 e. The molecule has 2 aromatic heterocycles. The maximum atomic E-state index is 4.84. The molecule has 7 nitrogen and oxygen atoms in total. The summed E-state index contributed by atoms with van der Waals surface area (Å²) in [5.41, 5.74) is 4.08. The van der Waals surface area contributed by atoms with Crippen LogP contribution >= 0.6 is 0 Å². The van der Waals surface area contributed by atoms with E-state index in [2.05, 4.69) is 52.6 Å². The van der Waals surface area contributed by atoms with Crippen LogP contribution in [-0.2, 0) is 0 Å². The van der Waals surface area contributed by atoms with Gasteiger partial charge in [-0.25, -0.2) is 4.98 Å². The number of fused-ring (bicyclic) bond motifs is 1. The lowest BCUT2D eigenvalue weighted by atomic mass is 10.1. The molecule has 0 radical (unpaired) electrons. The first-order valence-corrected chi connectivity index (χ1v) is 9.06. The van der Waals surface area contributed by atoms with Gasteiger partial charge in [0.05, 0.1) is 11.7 Å². The SMILES string of the molecule is Cc1nc(N2CC(C)NC(C)C2)nc(Nc2ccc3[nH]ncc3c2)c1C. The van der Waals surface area contributed by atoms with Gasteiger partial charge in [-0.1, -0.05) is 0 Å². The van der Waals surface area contributed by atoms with E-state index in [1.54, 1.807) is 0 Å². The summed E-state index contributed by atoms with van der Waals surface area (Å²) in [6.07, 6.45) is 1.83. The lowest BCUT2D eigenvalue weighted by Gasteiger charge is -2.36. The minimum atomic E-state index is 0.420. The van der Waals surface area contributed by atoms with Gasteiger partial charge in [-0.2, -0.15) is 10.1 Å². The highest BCUT2D eigenvalue weighted by Gasteiger charge is 2.24. The number of H-pyrrole nitrogens is 1. The summed E-state index contributed by atoms with van der Waals surface area (Å²) in [5.74, 6) is 1.65. The number of piperazine rings is 1. The summed E-state index contributed by atoms with van der Waals surface area (Å²) < 4.78 is 0. The summed E-state index contributed by atoms with van der Waals surface area (Å²) in [6.45, 7) is 10.3. The summed E-state index contributed by atoms with van der Waals surface area (Å²) in [7, 11) is 0. The van der Waals surface area contributed by atoms with Crippen molar-refractivity contribution in [1.82, 2.24) is 25.5 Å². The Hall–Kier alpha value is -2.67. The van der Waals surface area contributed by atoms with E-state index in [1.807, 2.05) is 25.3 Å². The van der Waals surface area contributed by atoms with Crippen molar-refractivity contribution in [3.05, 3.63) is 35.7 Å². The van der Waals surface area contributed by atoms with E-state index in [0.29, 0.717) is 12.1 Å². The Morgan fingerprint density at radius 1 is 1.12 bits per heavy atom. The quantitative estimate of drug-likeness (QED) is 0.673. The number of aryl methyl sites for hydroxylation is 1. The molecular formula is C19H25N7. The maximum absolute atomic E-state index is 4.84. The van der Waals surface area contributed by atoms with Gasteiger partial charge in [-0.05, 0) is 45.9 Å². The lowest BCUT2D eigenvalue weighted by Crippen LogP contribution is -2.54. The molecule has 0 spiro atoms. The minimum Gasteiger partial charge on any atom is -0.340 e. The third-order valence-electron chi connectivity index (χ3n) is 4.92. The van der Waals surface area contributed by atoms with Crippen molar-refractivity contribution in [2.75, 3.05) is 23.3 Å². The predicted molar refractivity (Wildman–Crippen MR) is 105 cm³/mol. The Bertz CT molecular complexity index is 923. The molecule has 0 aliphatic carbocycles. The Labute approximate surface area is 153 Å². The fourth-order valence-corrected chi connectivity index (χ4v) is 3.52. The molecular weight excluding hydrogens is 326 g/mol. The smallest absolute Gasteiger partial charge is 0.227 e. The molecule has 1 aliphatic rings. The Balaban J connectivity index is 1.65. The molecule has 26 heavy (non-hydrogen) atoms. The number of nitrogens with one attached hydrogen (secondary N) is 3. The van der Waals surface area contributed by atoms with Crippen molar-refractivity contribution in [2.24, 2.45) is 0 Å². The van der Waals surface area contributed by atoms with E-state index in [0.717, 1.165) is 52.7 Å². The molecule has 4 rings (SSSR count). The molecule has 1 aromatic carbocycles. The van der Waals surface area contributed by atoms with E-state index >= 15 is 0 Å². The van der Waals surface area contributed by atoms with Crippen LogP contribution in [0.1, 0.15) is 25.1 Å². The van der Waals surface area contributed by atoms with Gasteiger partial charge >= 0.3 is 0 Å². The maximum Gasteiger partial charge on any atom is 0.227 e. The van der Waals surface area contributed by atoms with Crippen molar-refractivity contribution in [3.8, 4) is 0 Å². The lowest BCUT2D eigenvalue weighted by molar-refractivity contribution is 0.403. The van der Waals surface area contributed by atoms with Gasteiger partial charge in [0, 0.05) is 47.5 Å². The van der Waals surface area contributed by atoms with E-state index in [1.165, 1.54) is 0 Å². The monoisotopic (exact) mass is 351 g/mol. The highest BCUT2D eigenvalue weighted by Crippen LogP contribution is 2.25. The molecule has 7 heteroatoms. The zero-order valence-corrected chi connectivity index (χ0v) is 15.7. The van der Waals surface area contributed by atoms with E-state index in [9.17, 15) is 0 Å². The molecule has 2 unspecified atom stereocenters. The molecule has 1 saturated heterocycles. The first-order valence-electron chi connectivity index (χ1n) is 9.06. The number of aromatic nitrogens is 4. The third kappa shape index (κ3) is 3.22. The fraction of sp³-hybridized carbons (Fsp3) is 0.421. The van der Waals surface area contributed by atoms with Crippen molar-refractivity contribution < 1.29 is 0 Å². The molecule has 0 amide bonds. The molecule has 0 bridgehead atoms. The minimum absolute atomic E-state index is 0.420. The van der Waals surface area contributed by atoms with E-state index in [-0.39, 0.29) is 0 Å². The number of nitrogens with zero attached hydrogens (tertiary/aromatic N) is 4. The number of anilines is 3. The van der Waals surface area contributed by atoms with Crippen LogP contribution in [0.25, 0.3) is 10.9 Å². The zero-order chi connectivity index (χ0) is 18.3. The Morgan fingerprint density at radius 3 is 2.65 bits per heavy atom. The highest BCUT2D eigenvalue weighted by atomic mass is 15.3. The average Bonchev–Trinajstić information content (AvgIpc) is 3.05. The first-order chi connectivity index (χ1) is 12.5. The van der Waals surface area contributed by atoms with E-state index in [4.69, 9.17) is 9.97 Å². The van der Waals surface area contributed by atoms with Crippen LogP contribution in [-0.4, -0.2) is 45.3 Å². The molecule has 2 atom stereocenters. The summed E-state index contributed by atoms with van der Waals surface area (Å²) >= 11 is 0. The number of benzene rings is 1. The summed E-state index contributed by atoms with van der Waals surface area (Å²) in [5, 5.41) is 15.1. The van der Waals surface area contributed by atoms with Crippen LogP contribution < -0.4 is 15.5 Å². The average molecular weight is 351 g/mol. The Kier molecular flexibility index (Phi) is 4.24. The summed E-state index contributed by atoms with van der Waals surface area (Å²) in [6, 6.07) is 6.97. The van der Waals surface area contributed by atoms with Crippen LogP contribution in [0.2, 0.25) is 0 Å². The second-order valence-corrected chi connectivity index (χ2v) is 7.25. The molecule has 1 aliphatic heterocycles. The predicted octanol–water partition coefficient (Wildman–Crippen LogP) is 2.90. The highest BCUT2D eigenvalue weighted by molar-refractivity contribution is 5.82. The van der Waals surface area contributed by atoms with Crippen LogP contribution in [0, 0.1) is 13.8 Å². The van der Waals surface area contributed by atoms with Gasteiger partial charge in [-0.3, -0.25) is 5.10 Å². The van der Waals surface area contributed by atoms with Crippen molar-refractivity contribution >= 4 is 28.4 Å². The second-order valence-electron chi connectivity index (χ2n) is 7.25. The molecule has 136 valence electrons.